The van der Waals surface area contributed by atoms with Gasteiger partial charge in [0.15, 0.2) is 0 Å². The van der Waals surface area contributed by atoms with Crippen LogP contribution in [0.25, 0.3) is 0 Å². The Labute approximate surface area is 72.9 Å². The molecule has 3 nitrogen and oxygen atoms in total. The first-order valence-corrected chi connectivity index (χ1v) is 3.96. The average Bonchev–Trinajstić information content (AvgIpc) is 2.34. The second-order valence-electron chi connectivity index (χ2n) is 3.44. The number of nitrogens with zero attached hydrogens (tertiary/aromatic N) is 2. The maximum atomic E-state index is 5.94. The minimum Gasteiger partial charge on any atom is -0.329 e. The van der Waals surface area contributed by atoms with Crippen molar-refractivity contribution < 1.29 is 0 Å². The van der Waals surface area contributed by atoms with Gasteiger partial charge in [0.1, 0.15) is 0 Å². The predicted octanol–water partition coefficient (Wildman–Crippen LogP) is 1.26. The van der Waals surface area contributed by atoms with Gasteiger partial charge in [0.2, 0.25) is 0 Å². The van der Waals surface area contributed by atoms with Crippen LogP contribution in [0, 0.1) is 0 Å². The van der Waals surface area contributed by atoms with E-state index in [-0.39, 0.29) is 5.54 Å². The molecule has 0 aromatic carbocycles. The Morgan fingerprint density at radius 1 is 1.75 bits per heavy atom. The van der Waals surface area contributed by atoms with Gasteiger partial charge in [-0.15, -0.1) is 6.58 Å². The molecule has 1 aromatic heterocycles. The standard InChI is InChI=1S/C9H15N3/c1-4-5-12-7-11-6-8(12)9(2,3)10/h4,6-7H,1,5,10H2,2-3H3. The van der Waals surface area contributed by atoms with Crippen LogP contribution in [0.3, 0.4) is 0 Å². The zero-order valence-electron chi connectivity index (χ0n) is 7.62. The van der Waals surface area contributed by atoms with Gasteiger partial charge in [0, 0.05) is 12.7 Å². The van der Waals surface area contributed by atoms with Gasteiger partial charge in [0.25, 0.3) is 0 Å². The lowest BCUT2D eigenvalue weighted by Gasteiger charge is -2.19. The molecule has 0 atom stereocenters. The van der Waals surface area contributed by atoms with E-state index in [0.717, 1.165) is 12.2 Å². The molecule has 0 bridgehead atoms. The number of imidazole rings is 1. The minimum absolute atomic E-state index is 0.334. The zero-order chi connectivity index (χ0) is 9.19. The number of rotatable bonds is 3. The molecule has 12 heavy (non-hydrogen) atoms. The fraction of sp³-hybridized carbons (Fsp3) is 0.444. The molecular formula is C9H15N3. The molecule has 66 valence electrons. The summed E-state index contributed by atoms with van der Waals surface area (Å²) in [5, 5.41) is 0. The molecule has 1 heterocycles. The number of allylic oxidation sites excluding steroid dienone is 1. The lowest BCUT2D eigenvalue weighted by Crippen LogP contribution is -2.31. The van der Waals surface area contributed by atoms with Gasteiger partial charge in [-0.2, -0.15) is 0 Å². The number of hydrogen-bond acceptors (Lipinski definition) is 2. The van der Waals surface area contributed by atoms with Crippen molar-refractivity contribution in [3.8, 4) is 0 Å². The minimum atomic E-state index is -0.334. The van der Waals surface area contributed by atoms with Crippen molar-refractivity contribution in [1.82, 2.24) is 9.55 Å². The molecule has 0 radical (unpaired) electrons. The first-order valence-electron chi connectivity index (χ1n) is 3.96. The lowest BCUT2D eigenvalue weighted by atomic mass is 10.0. The van der Waals surface area contributed by atoms with E-state index in [1.807, 2.05) is 24.5 Å². The van der Waals surface area contributed by atoms with Crippen LogP contribution in [0.15, 0.2) is 25.2 Å². The molecule has 0 unspecified atom stereocenters. The Hall–Kier alpha value is -1.09. The normalized spacial score (nSPS) is 11.6. The van der Waals surface area contributed by atoms with Gasteiger partial charge < -0.3 is 10.3 Å². The third-order valence-corrected chi connectivity index (χ3v) is 1.70. The molecule has 0 saturated heterocycles. The Bertz CT molecular complexity index is 268. The molecule has 1 rings (SSSR count). The molecule has 0 aliphatic rings. The summed E-state index contributed by atoms with van der Waals surface area (Å²) in [7, 11) is 0. The van der Waals surface area contributed by atoms with E-state index in [1.54, 1.807) is 12.5 Å². The van der Waals surface area contributed by atoms with Crippen molar-refractivity contribution in [3.63, 3.8) is 0 Å². The number of hydrogen-bond donors (Lipinski definition) is 1. The van der Waals surface area contributed by atoms with Crippen molar-refractivity contribution in [2.75, 3.05) is 0 Å². The smallest absolute Gasteiger partial charge is 0.0951 e. The van der Waals surface area contributed by atoms with Crippen molar-refractivity contribution in [2.45, 2.75) is 25.9 Å². The van der Waals surface area contributed by atoms with Gasteiger partial charge in [-0.3, -0.25) is 0 Å². The zero-order valence-corrected chi connectivity index (χ0v) is 7.62. The first kappa shape index (κ1) is 9.00. The van der Waals surface area contributed by atoms with Gasteiger partial charge in [0.05, 0.1) is 17.6 Å². The van der Waals surface area contributed by atoms with E-state index in [1.165, 1.54) is 0 Å². The SMILES string of the molecule is C=CCn1cncc1C(C)(C)N. The van der Waals surface area contributed by atoms with Crippen LogP contribution < -0.4 is 5.73 Å². The van der Waals surface area contributed by atoms with E-state index in [0.29, 0.717) is 0 Å². The van der Waals surface area contributed by atoms with Crippen LogP contribution in [0.2, 0.25) is 0 Å². The van der Waals surface area contributed by atoms with E-state index in [9.17, 15) is 0 Å². The Balaban J connectivity index is 2.99. The molecular weight excluding hydrogens is 150 g/mol. The third-order valence-electron chi connectivity index (χ3n) is 1.70. The fourth-order valence-corrected chi connectivity index (χ4v) is 1.14. The average molecular weight is 165 g/mol. The Morgan fingerprint density at radius 2 is 2.42 bits per heavy atom. The maximum Gasteiger partial charge on any atom is 0.0951 e. The summed E-state index contributed by atoms with van der Waals surface area (Å²) in [5.41, 5.74) is 6.63. The summed E-state index contributed by atoms with van der Waals surface area (Å²) < 4.78 is 1.99. The van der Waals surface area contributed by atoms with Gasteiger partial charge in [-0.05, 0) is 13.8 Å². The second-order valence-corrected chi connectivity index (χ2v) is 3.44. The largest absolute Gasteiger partial charge is 0.329 e. The maximum absolute atomic E-state index is 5.94. The van der Waals surface area contributed by atoms with Gasteiger partial charge in [-0.1, -0.05) is 6.08 Å². The molecule has 0 aliphatic carbocycles. The van der Waals surface area contributed by atoms with Crippen LogP contribution in [-0.2, 0) is 12.1 Å². The Morgan fingerprint density at radius 3 is 2.92 bits per heavy atom. The highest BCUT2D eigenvalue weighted by Crippen LogP contribution is 2.15. The second kappa shape index (κ2) is 3.11. The topological polar surface area (TPSA) is 43.8 Å². The van der Waals surface area contributed by atoms with Crippen LogP contribution in [0.1, 0.15) is 19.5 Å². The van der Waals surface area contributed by atoms with Crippen molar-refractivity contribution in [2.24, 2.45) is 5.73 Å². The first-order chi connectivity index (χ1) is 5.55. The lowest BCUT2D eigenvalue weighted by molar-refractivity contribution is 0.505. The number of aromatic nitrogens is 2. The molecule has 0 saturated carbocycles. The quantitative estimate of drug-likeness (QED) is 0.685. The van der Waals surface area contributed by atoms with E-state index < -0.39 is 0 Å². The molecule has 3 heteroatoms. The highest BCUT2D eigenvalue weighted by molar-refractivity contribution is 5.10. The summed E-state index contributed by atoms with van der Waals surface area (Å²) in [6.45, 7) is 8.35. The molecule has 2 N–H and O–H groups in total. The summed E-state index contributed by atoms with van der Waals surface area (Å²) in [5.74, 6) is 0. The van der Waals surface area contributed by atoms with Crippen LogP contribution in [0.4, 0.5) is 0 Å². The predicted molar refractivity (Wildman–Crippen MR) is 49.6 cm³/mol. The third kappa shape index (κ3) is 1.74. The summed E-state index contributed by atoms with van der Waals surface area (Å²) in [6.07, 6.45) is 5.39. The monoisotopic (exact) mass is 165 g/mol. The highest BCUT2D eigenvalue weighted by Gasteiger charge is 2.17. The molecule has 1 aromatic rings. The van der Waals surface area contributed by atoms with Gasteiger partial charge in [-0.25, -0.2) is 4.98 Å². The molecule has 0 fully saturated rings. The van der Waals surface area contributed by atoms with E-state index in [4.69, 9.17) is 5.73 Å². The number of nitrogens with two attached hydrogens (primary N) is 1. The van der Waals surface area contributed by atoms with E-state index in [2.05, 4.69) is 11.6 Å². The van der Waals surface area contributed by atoms with Crippen molar-refractivity contribution in [1.29, 1.82) is 0 Å². The van der Waals surface area contributed by atoms with Crippen molar-refractivity contribution in [3.05, 3.63) is 30.9 Å². The van der Waals surface area contributed by atoms with Crippen LogP contribution in [-0.4, -0.2) is 9.55 Å². The summed E-state index contributed by atoms with van der Waals surface area (Å²) in [4.78, 5) is 4.04. The fourth-order valence-electron chi connectivity index (χ4n) is 1.14. The van der Waals surface area contributed by atoms with Crippen LogP contribution in [0.5, 0.6) is 0 Å². The molecule has 0 aliphatic heterocycles. The van der Waals surface area contributed by atoms with Crippen LogP contribution >= 0.6 is 0 Å². The van der Waals surface area contributed by atoms with E-state index >= 15 is 0 Å². The summed E-state index contributed by atoms with van der Waals surface area (Å²) in [6, 6.07) is 0. The van der Waals surface area contributed by atoms with Crippen molar-refractivity contribution >= 4 is 0 Å². The molecule has 0 amide bonds. The molecule has 0 spiro atoms. The summed E-state index contributed by atoms with van der Waals surface area (Å²) >= 11 is 0. The Kier molecular flexibility index (Phi) is 2.33. The highest BCUT2D eigenvalue weighted by atomic mass is 15.1. The van der Waals surface area contributed by atoms with Gasteiger partial charge >= 0.3 is 0 Å².